The number of carbonyl (C=O) groups excluding carboxylic acids is 2. The number of thiophene rings is 1. The molecule has 0 saturated carbocycles. The van der Waals surface area contributed by atoms with Crippen molar-refractivity contribution in [3.05, 3.63) is 106 Å². The molecule has 0 aliphatic carbocycles. The average Bonchev–Trinajstić information content (AvgIpc) is 3.83. The molecule has 0 bridgehead atoms. The lowest BCUT2D eigenvalue weighted by molar-refractivity contribution is -0.117. The zero-order chi connectivity index (χ0) is 32.0. The molecular weight excluding hydrogens is 639 g/mol. The third-order valence-electron chi connectivity index (χ3n) is 7.62. The molecule has 1 aliphatic heterocycles. The van der Waals surface area contributed by atoms with Gasteiger partial charge >= 0.3 is 0 Å². The number of thioether (sulfide) groups is 1. The van der Waals surface area contributed by atoms with Gasteiger partial charge in [0.25, 0.3) is 5.91 Å². The summed E-state index contributed by atoms with van der Waals surface area (Å²) >= 11 is 4.02. The lowest BCUT2D eigenvalue weighted by Gasteiger charge is -2.25. The second kappa shape index (κ2) is 14.5. The number of aliphatic hydroxyl groups is 1. The maximum Gasteiger partial charge on any atom is 0.296 e. The first-order valence-electron chi connectivity index (χ1n) is 15.2. The summed E-state index contributed by atoms with van der Waals surface area (Å²) in [4.78, 5) is 29.3. The van der Waals surface area contributed by atoms with E-state index in [1.54, 1.807) is 35.7 Å². The van der Waals surface area contributed by atoms with Gasteiger partial charge < -0.3 is 14.6 Å². The summed E-state index contributed by atoms with van der Waals surface area (Å²) in [5, 5.41) is 24.4. The van der Waals surface area contributed by atoms with E-state index in [0.717, 1.165) is 24.6 Å². The Kier molecular flexibility index (Phi) is 10.0. The Hall–Kier alpha value is -4.19. The summed E-state index contributed by atoms with van der Waals surface area (Å²) in [6.07, 6.45) is 3.06. The van der Waals surface area contributed by atoms with Crippen LogP contribution in [0.2, 0.25) is 0 Å². The third-order valence-corrected chi connectivity index (χ3v) is 10.6. The minimum Gasteiger partial charge on any atom is -0.503 e. The highest BCUT2D eigenvalue weighted by atomic mass is 32.2. The fourth-order valence-corrected chi connectivity index (χ4v) is 7.97. The van der Waals surface area contributed by atoms with Crippen molar-refractivity contribution in [2.75, 3.05) is 18.1 Å². The Morgan fingerprint density at radius 3 is 2.63 bits per heavy atom. The van der Waals surface area contributed by atoms with Gasteiger partial charge in [0.15, 0.2) is 21.6 Å². The number of rotatable bonds is 14. The molecule has 11 heteroatoms. The van der Waals surface area contributed by atoms with Crippen LogP contribution in [0.4, 0.5) is 5.13 Å². The minimum atomic E-state index is -0.945. The van der Waals surface area contributed by atoms with Gasteiger partial charge in [0, 0.05) is 5.75 Å². The number of ether oxygens (including phenoxy) is 2. The molecule has 0 radical (unpaired) electrons. The van der Waals surface area contributed by atoms with Crippen LogP contribution < -0.4 is 14.4 Å². The molecule has 5 aromatic rings. The van der Waals surface area contributed by atoms with Crippen LogP contribution in [0.25, 0.3) is 10.8 Å². The Labute approximate surface area is 279 Å². The molecule has 1 unspecified atom stereocenters. The van der Waals surface area contributed by atoms with Crippen molar-refractivity contribution in [1.82, 2.24) is 10.2 Å². The van der Waals surface area contributed by atoms with Gasteiger partial charge in [0.1, 0.15) is 0 Å². The van der Waals surface area contributed by atoms with Crippen LogP contribution >= 0.6 is 34.4 Å². The Bertz CT molecular complexity index is 1880. The zero-order valence-corrected chi connectivity index (χ0v) is 27.9. The van der Waals surface area contributed by atoms with E-state index in [1.807, 2.05) is 25.1 Å². The molecule has 8 nitrogen and oxygen atoms in total. The molecule has 1 atom stereocenters. The second-order valence-corrected chi connectivity index (χ2v) is 13.7. The number of amides is 1. The molecule has 236 valence electrons. The normalized spacial score (nSPS) is 14.8. The number of ketones is 1. The Morgan fingerprint density at radius 1 is 0.978 bits per heavy atom. The lowest BCUT2D eigenvalue weighted by Crippen LogP contribution is -2.31. The van der Waals surface area contributed by atoms with Gasteiger partial charge in [-0.2, -0.15) is 0 Å². The summed E-state index contributed by atoms with van der Waals surface area (Å²) in [5.41, 5.74) is 1.74. The molecule has 46 heavy (non-hydrogen) atoms. The second-order valence-electron chi connectivity index (χ2n) is 10.6. The van der Waals surface area contributed by atoms with Crippen molar-refractivity contribution in [2.45, 2.75) is 49.2 Å². The summed E-state index contributed by atoms with van der Waals surface area (Å²) in [7, 11) is 0. The van der Waals surface area contributed by atoms with Gasteiger partial charge in [-0.1, -0.05) is 97.5 Å². The molecule has 0 spiro atoms. The molecule has 1 amide bonds. The van der Waals surface area contributed by atoms with Gasteiger partial charge in [0.2, 0.25) is 10.9 Å². The number of unbranched alkanes of at least 4 members (excludes halogenated alkanes) is 2. The van der Waals surface area contributed by atoms with Crippen molar-refractivity contribution in [3.63, 3.8) is 0 Å². The van der Waals surface area contributed by atoms with Crippen molar-refractivity contribution >= 4 is 62.0 Å². The minimum absolute atomic E-state index is 0.00771. The summed E-state index contributed by atoms with van der Waals surface area (Å²) in [5.74, 6) is 0.0325. The lowest BCUT2D eigenvalue weighted by atomic mass is 9.95. The van der Waals surface area contributed by atoms with Crippen molar-refractivity contribution < 1.29 is 24.2 Å². The largest absolute Gasteiger partial charge is 0.503 e. The number of aliphatic hydroxyl groups excluding tert-OH is 1. The van der Waals surface area contributed by atoms with Crippen LogP contribution in [0.5, 0.6) is 11.5 Å². The van der Waals surface area contributed by atoms with E-state index in [2.05, 4.69) is 41.4 Å². The van der Waals surface area contributed by atoms with Gasteiger partial charge in [-0.3, -0.25) is 14.5 Å². The van der Waals surface area contributed by atoms with E-state index in [1.165, 1.54) is 50.3 Å². The van der Waals surface area contributed by atoms with E-state index >= 15 is 0 Å². The first-order chi connectivity index (χ1) is 22.5. The smallest absolute Gasteiger partial charge is 0.296 e. The standard InChI is InChI=1S/C35H33N3O5S3/c1-3-5-8-18-43-26-17-16-23(20-27(26)42-4-2)30-29(31(39)28-15-10-19-44-28)32(40)33(41)38(30)34-36-37-35(46-34)45-21-24-13-9-12-22-11-6-7-14-25(22)24/h6-7,9-17,19-20,30,40H,3-5,8,18,21H2,1-2H3. The third kappa shape index (κ3) is 6.53. The number of benzene rings is 3. The quantitative estimate of drug-likeness (QED) is 0.0541. The number of anilines is 1. The number of aromatic nitrogens is 2. The molecule has 0 saturated heterocycles. The number of nitrogens with zero attached hydrogens (tertiary/aromatic N) is 3. The van der Waals surface area contributed by atoms with Gasteiger partial charge in [0.05, 0.1) is 29.7 Å². The number of hydrogen-bond acceptors (Lipinski definition) is 10. The SMILES string of the molecule is CCCCCOc1ccc(C2C(C(=O)c3cccs3)=C(O)C(=O)N2c2nnc(SCc3cccc4ccccc34)s2)cc1OCC. The van der Waals surface area contributed by atoms with Crippen LogP contribution in [-0.4, -0.2) is 40.2 Å². The molecule has 6 rings (SSSR count). The fraction of sp³-hybridized carbons (Fsp3) is 0.257. The zero-order valence-electron chi connectivity index (χ0n) is 25.5. The van der Waals surface area contributed by atoms with Crippen LogP contribution in [0.3, 0.4) is 0 Å². The summed E-state index contributed by atoms with van der Waals surface area (Å²) < 4.78 is 12.6. The molecule has 1 aliphatic rings. The van der Waals surface area contributed by atoms with Crippen molar-refractivity contribution in [2.24, 2.45) is 0 Å². The van der Waals surface area contributed by atoms with Gasteiger partial charge in [-0.05, 0) is 58.8 Å². The Balaban J connectivity index is 1.33. The highest BCUT2D eigenvalue weighted by Crippen LogP contribution is 2.46. The number of carbonyl (C=O) groups is 2. The van der Waals surface area contributed by atoms with E-state index in [4.69, 9.17) is 9.47 Å². The van der Waals surface area contributed by atoms with E-state index < -0.39 is 23.5 Å². The maximum atomic E-state index is 13.8. The van der Waals surface area contributed by atoms with Gasteiger partial charge in [-0.25, -0.2) is 0 Å². The average molecular weight is 672 g/mol. The van der Waals surface area contributed by atoms with E-state index in [-0.39, 0.29) is 10.7 Å². The molecule has 2 aromatic heterocycles. The monoisotopic (exact) mass is 671 g/mol. The topological polar surface area (TPSA) is 102 Å². The summed E-state index contributed by atoms with van der Waals surface area (Å²) in [6, 6.07) is 22.3. The number of hydrogen-bond donors (Lipinski definition) is 1. The molecular formula is C35H33N3O5S3. The predicted octanol–water partition coefficient (Wildman–Crippen LogP) is 8.80. The van der Waals surface area contributed by atoms with Crippen LogP contribution in [0, 0.1) is 0 Å². The molecule has 0 fully saturated rings. The van der Waals surface area contributed by atoms with Crippen molar-refractivity contribution in [1.29, 1.82) is 0 Å². The number of Topliss-reactive ketones (excluding diaryl/α,β-unsaturated/α-hetero) is 1. The highest BCUT2D eigenvalue weighted by molar-refractivity contribution is 8.00. The van der Waals surface area contributed by atoms with E-state index in [0.29, 0.717) is 45.2 Å². The molecule has 3 heterocycles. The highest BCUT2D eigenvalue weighted by Gasteiger charge is 2.46. The summed E-state index contributed by atoms with van der Waals surface area (Å²) in [6.45, 7) is 4.97. The first-order valence-corrected chi connectivity index (χ1v) is 17.9. The predicted molar refractivity (Wildman–Crippen MR) is 185 cm³/mol. The molecule has 1 N–H and O–H groups in total. The number of fused-ring (bicyclic) bond motifs is 1. The van der Waals surface area contributed by atoms with Crippen molar-refractivity contribution in [3.8, 4) is 11.5 Å². The van der Waals surface area contributed by atoms with E-state index in [9.17, 15) is 14.7 Å². The van der Waals surface area contributed by atoms with Crippen LogP contribution in [0.1, 0.15) is 60.0 Å². The first kappa shape index (κ1) is 31.8. The fourth-order valence-electron chi connectivity index (χ4n) is 5.42. The Morgan fingerprint density at radius 2 is 1.83 bits per heavy atom. The van der Waals surface area contributed by atoms with Crippen LogP contribution in [0.15, 0.2) is 93.8 Å². The molecule has 3 aromatic carbocycles. The van der Waals surface area contributed by atoms with Crippen LogP contribution in [-0.2, 0) is 10.5 Å². The van der Waals surface area contributed by atoms with Gasteiger partial charge in [-0.15, -0.1) is 21.5 Å². The maximum absolute atomic E-state index is 13.8.